The van der Waals surface area contributed by atoms with Crippen molar-refractivity contribution in [3.05, 3.63) is 85.8 Å². The second-order valence-corrected chi connectivity index (χ2v) is 8.90. The highest BCUT2D eigenvalue weighted by Gasteiger charge is 2.17. The minimum Gasteiger partial charge on any atom is -0.354 e. The van der Waals surface area contributed by atoms with Crippen LogP contribution in [0, 0.1) is 20.8 Å². The van der Waals surface area contributed by atoms with E-state index in [1.165, 1.54) is 0 Å². The number of nitrogens with one attached hydrogen (secondary N) is 3. The molecule has 7 heteroatoms. The Balaban J connectivity index is 1.87. The molecule has 0 heterocycles. The third-order valence-electron chi connectivity index (χ3n) is 5.15. The molecule has 0 radical (unpaired) electrons. The van der Waals surface area contributed by atoms with Crippen LogP contribution in [0.5, 0.6) is 0 Å². The van der Waals surface area contributed by atoms with Crippen LogP contribution in [0.2, 0.25) is 5.02 Å². The maximum Gasteiger partial charge on any atom is 0.319 e. The van der Waals surface area contributed by atoms with Crippen molar-refractivity contribution >= 4 is 56.4 Å². The molecule has 0 bridgehead atoms. The zero-order chi connectivity index (χ0) is 23.4. The monoisotopic (exact) mass is 513 g/mol. The van der Waals surface area contributed by atoms with E-state index >= 15 is 0 Å². The minimum absolute atomic E-state index is 0.107. The van der Waals surface area contributed by atoms with Gasteiger partial charge in [0.15, 0.2) is 5.78 Å². The minimum atomic E-state index is -0.295. The summed E-state index contributed by atoms with van der Waals surface area (Å²) in [4.78, 5) is 25.1. The van der Waals surface area contributed by atoms with Crippen LogP contribution < -0.4 is 16.0 Å². The number of carbonyl (C=O) groups is 2. The molecule has 0 aliphatic rings. The highest BCUT2D eigenvalue weighted by atomic mass is 79.9. The molecule has 0 aliphatic heterocycles. The summed E-state index contributed by atoms with van der Waals surface area (Å²) in [5.74, 6) is -0.107. The van der Waals surface area contributed by atoms with Gasteiger partial charge in [-0.15, -0.1) is 0 Å². The number of amides is 2. The molecular formula is C25H25BrClN3O2. The average molecular weight is 515 g/mol. The van der Waals surface area contributed by atoms with E-state index in [1.54, 1.807) is 24.3 Å². The molecule has 0 aromatic heterocycles. The topological polar surface area (TPSA) is 70.2 Å². The van der Waals surface area contributed by atoms with Gasteiger partial charge in [-0.3, -0.25) is 4.79 Å². The van der Waals surface area contributed by atoms with Crippen molar-refractivity contribution < 1.29 is 9.59 Å². The van der Waals surface area contributed by atoms with Gasteiger partial charge in [0.2, 0.25) is 0 Å². The number of halogens is 2. The number of benzene rings is 3. The van der Waals surface area contributed by atoms with Gasteiger partial charge in [0, 0.05) is 27.8 Å². The molecule has 3 rings (SSSR count). The zero-order valence-electron chi connectivity index (χ0n) is 18.4. The number of urea groups is 1. The fourth-order valence-corrected chi connectivity index (χ4v) is 3.97. The van der Waals surface area contributed by atoms with E-state index in [9.17, 15) is 9.59 Å². The van der Waals surface area contributed by atoms with E-state index in [0.717, 1.165) is 21.2 Å². The van der Waals surface area contributed by atoms with Gasteiger partial charge in [-0.05, 0) is 86.8 Å². The maximum atomic E-state index is 13.1. The third-order valence-corrected chi connectivity index (χ3v) is 5.95. The Morgan fingerprint density at radius 1 is 0.875 bits per heavy atom. The van der Waals surface area contributed by atoms with E-state index in [4.69, 9.17) is 11.6 Å². The van der Waals surface area contributed by atoms with E-state index < -0.39 is 0 Å². The number of anilines is 3. The first-order valence-corrected chi connectivity index (χ1v) is 11.4. The number of hydrogen-bond donors (Lipinski definition) is 3. The smallest absolute Gasteiger partial charge is 0.319 e. The fraction of sp³-hybridized carbons (Fsp3) is 0.200. The summed E-state index contributed by atoms with van der Waals surface area (Å²) in [6, 6.07) is 14.4. The van der Waals surface area contributed by atoms with Crippen molar-refractivity contribution in [1.82, 2.24) is 5.32 Å². The van der Waals surface area contributed by atoms with E-state index in [-0.39, 0.29) is 11.8 Å². The number of carbonyl (C=O) groups excluding carboxylic acids is 2. The quantitative estimate of drug-likeness (QED) is 0.306. The molecule has 3 aromatic carbocycles. The lowest BCUT2D eigenvalue weighted by Crippen LogP contribution is -2.28. The average Bonchev–Trinajstić information content (AvgIpc) is 2.72. The molecule has 0 saturated carbocycles. The standard InChI is InChI=1S/C25H25BrClN3O2/c1-5-28-25(32)30-23-12-17(26)6-9-22(23)29-18-7-8-19(21(27)13-18)24(31)20-11-15(3)14(2)10-16(20)4/h6-13,29H,5H2,1-4H3,(H2,28,30,32). The first-order valence-electron chi connectivity index (χ1n) is 10.2. The predicted octanol–water partition coefficient (Wildman–Crippen LogP) is 7.14. The Bertz CT molecular complexity index is 1190. The molecule has 0 saturated heterocycles. The molecule has 0 aliphatic carbocycles. The molecular weight excluding hydrogens is 490 g/mol. The highest BCUT2D eigenvalue weighted by molar-refractivity contribution is 9.10. The van der Waals surface area contributed by atoms with Crippen molar-refractivity contribution in [1.29, 1.82) is 0 Å². The van der Waals surface area contributed by atoms with Crippen LogP contribution in [0.3, 0.4) is 0 Å². The highest BCUT2D eigenvalue weighted by Crippen LogP contribution is 2.31. The SMILES string of the molecule is CCNC(=O)Nc1cc(Br)ccc1Nc1ccc(C(=O)c2cc(C)c(C)cc2C)c(Cl)c1. The summed E-state index contributed by atoms with van der Waals surface area (Å²) in [6.45, 7) is 8.32. The largest absolute Gasteiger partial charge is 0.354 e. The summed E-state index contributed by atoms with van der Waals surface area (Å²) in [7, 11) is 0. The Labute approximate surface area is 201 Å². The third kappa shape index (κ3) is 5.50. The van der Waals surface area contributed by atoms with Crippen LogP contribution in [-0.2, 0) is 0 Å². The zero-order valence-corrected chi connectivity index (χ0v) is 20.7. The summed E-state index contributed by atoms with van der Waals surface area (Å²) >= 11 is 9.93. The summed E-state index contributed by atoms with van der Waals surface area (Å²) in [5, 5.41) is 9.15. The van der Waals surface area contributed by atoms with Crippen molar-refractivity contribution in [2.24, 2.45) is 0 Å². The summed E-state index contributed by atoms with van der Waals surface area (Å²) in [6.07, 6.45) is 0. The number of hydrogen-bond acceptors (Lipinski definition) is 3. The summed E-state index contributed by atoms with van der Waals surface area (Å²) < 4.78 is 0.831. The van der Waals surface area contributed by atoms with E-state index in [1.807, 2.05) is 52.0 Å². The number of rotatable bonds is 6. The lowest BCUT2D eigenvalue weighted by atomic mass is 9.94. The first-order chi connectivity index (χ1) is 15.2. The molecule has 0 unspecified atom stereocenters. The molecule has 2 amide bonds. The van der Waals surface area contributed by atoms with Crippen molar-refractivity contribution in [3.63, 3.8) is 0 Å². The molecule has 3 aromatic rings. The second-order valence-electron chi connectivity index (χ2n) is 7.57. The van der Waals surface area contributed by atoms with Crippen LogP contribution in [0.25, 0.3) is 0 Å². The Morgan fingerprint density at radius 2 is 1.59 bits per heavy atom. The van der Waals surface area contributed by atoms with Gasteiger partial charge in [0.25, 0.3) is 0 Å². The maximum absolute atomic E-state index is 13.1. The lowest BCUT2D eigenvalue weighted by molar-refractivity contribution is 0.103. The Hall–Kier alpha value is -2.83. The van der Waals surface area contributed by atoms with Gasteiger partial charge in [0.1, 0.15) is 0 Å². The van der Waals surface area contributed by atoms with Gasteiger partial charge in [-0.2, -0.15) is 0 Å². The van der Waals surface area contributed by atoms with Gasteiger partial charge in [-0.1, -0.05) is 33.6 Å². The van der Waals surface area contributed by atoms with Crippen LogP contribution in [0.15, 0.2) is 53.0 Å². The molecule has 3 N–H and O–H groups in total. The van der Waals surface area contributed by atoms with Crippen molar-refractivity contribution in [2.45, 2.75) is 27.7 Å². The molecule has 0 fully saturated rings. The molecule has 32 heavy (non-hydrogen) atoms. The Morgan fingerprint density at radius 3 is 2.28 bits per heavy atom. The van der Waals surface area contributed by atoms with Crippen molar-refractivity contribution in [3.8, 4) is 0 Å². The molecule has 5 nitrogen and oxygen atoms in total. The first kappa shape index (κ1) is 23.8. The van der Waals surface area contributed by atoms with Crippen LogP contribution in [0.4, 0.5) is 21.9 Å². The van der Waals surface area contributed by atoms with E-state index in [2.05, 4.69) is 31.9 Å². The lowest BCUT2D eigenvalue weighted by Gasteiger charge is -2.15. The molecule has 166 valence electrons. The number of aryl methyl sites for hydroxylation is 3. The predicted molar refractivity (Wildman–Crippen MR) is 136 cm³/mol. The fourth-order valence-electron chi connectivity index (χ4n) is 3.34. The van der Waals surface area contributed by atoms with Crippen LogP contribution in [-0.4, -0.2) is 18.4 Å². The van der Waals surface area contributed by atoms with Crippen molar-refractivity contribution in [2.75, 3.05) is 17.2 Å². The second kappa shape index (κ2) is 10.2. The Kier molecular flexibility index (Phi) is 7.59. The molecule has 0 atom stereocenters. The number of ketones is 1. The molecule has 0 spiro atoms. The van der Waals surface area contributed by atoms with Gasteiger partial charge in [-0.25, -0.2) is 4.79 Å². The van der Waals surface area contributed by atoms with Gasteiger partial charge >= 0.3 is 6.03 Å². The summed E-state index contributed by atoms with van der Waals surface area (Å²) in [5.41, 5.74) is 6.23. The van der Waals surface area contributed by atoms with Gasteiger partial charge < -0.3 is 16.0 Å². The van der Waals surface area contributed by atoms with Crippen LogP contribution in [0.1, 0.15) is 39.5 Å². The normalized spacial score (nSPS) is 10.6. The van der Waals surface area contributed by atoms with Crippen LogP contribution >= 0.6 is 27.5 Å². The van der Waals surface area contributed by atoms with E-state index in [0.29, 0.717) is 39.8 Å². The van der Waals surface area contributed by atoms with Gasteiger partial charge in [0.05, 0.1) is 16.4 Å².